The Morgan fingerprint density at radius 3 is 2.92 bits per heavy atom. The SMILES string of the molecule is CCCCN1C(=S)SC(C)(C)C1N(O)C=C1C=Nc2ccccc21. The van der Waals surface area contributed by atoms with E-state index in [4.69, 9.17) is 12.2 Å². The van der Waals surface area contributed by atoms with Gasteiger partial charge in [0, 0.05) is 30.1 Å². The maximum absolute atomic E-state index is 10.8. The third kappa shape index (κ3) is 3.23. The van der Waals surface area contributed by atoms with Crippen molar-refractivity contribution in [2.24, 2.45) is 4.99 Å². The van der Waals surface area contributed by atoms with E-state index in [-0.39, 0.29) is 10.9 Å². The Morgan fingerprint density at radius 1 is 1.42 bits per heavy atom. The second kappa shape index (κ2) is 6.86. The molecule has 0 bridgehead atoms. The highest BCUT2D eigenvalue weighted by atomic mass is 32.2. The van der Waals surface area contributed by atoms with E-state index in [0.717, 1.165) is 40.5 Å². The lowest BCUT2D eigenvalue weighted by molar-refractivity contribution is -0.121. The third-order valence-corrected chi connectivity index (χ3v) is 5.96. The molecule has 6 heteroatoms. The summed E-state index contributed by atoms with van der Waals surface area (Å²) < 4.78 is 0.669. The number of para-hydroxylation sites is 1. The molecule has 0 radical (unpaired) electrons. The van der Waals surface area contributed by atoms with E-state index in [1.807, 2.05) is 24.3 Å². The molecule has 2 heterocycles. The topological polar surface area (TPSA) is 39.1 Å². The van der Waals surface area contributed by atoms with Crippen LogP contribution in [-0.4, -0.2) is 43.2 Å². The van der Waals surface area contributed by atoms with Gasteiger partial charge in [-0.15, -0.1) is 0 Å². The van der Waals surface area contributed by atoms with Crippen LogP contribution in [0.4, 0.5) is 5.69 Å². The number of unbranched alkanes of at least 4 members (excludes halogenated alkanes) is 1. The first-order chi connectivity index (χ1) is 11.4. The smallest absolute Gasteiger partial charge is 0.142 e. The molecular formula is C18H23N3OS2. The molecule has 1 unspecified atom stereocenters. The van der Waals surface area contributed by atoms with Crippen molar-refractivity contribution in [2.45, 2.75) is 44.5 Å². The van der Waals surface area contributed by atoms with Crippen LogP contribution in [0, 0.1) is 0 Å². The Balaban J connectivity index is 1.87. The lowest BCUT2D eigenvalue weighted by Gasteiger charge is -2.36. The summed E-state index contributed by atoms with van der Waals surface area (Å²) in [5.41, 5.74) is 2.90. The van der Waals surface area contributed by atoms with Gasteiger partial charge < -0.3 is 4.90 Å². The fourth-order valence-electron chi connectivity index (χ4n) is 3.17. The zero-order chi connectivity index (χ0) is 17.3. The molecule has 0 saturated carbocycles. The Bertz CT molecular complexity index is 699. The summed E-state index contributed by atoms with van der Waals surface area (Å²) in [6.07, 6.45) is 5.55. The molecule has 0 amide bonds. The molecule has 3 rings (SSSR count). The summed E-state index contributed by atoms with van der Waals surface area (Å²) in [5.74, 6) is 0. The van der Waals surface area contributed by atoms with Gasteiger partial charge in [-0.25, -0.2) is 5.06 Å². The number of hydrogen-bond acceptors (Lipinski definition) is 5. The zero-order valence-corrected chi connectivity index (χ0v) is 15.9. The van der Waals surface area contributed by atoms with Crippen molar-refractivity contribution in [3.63, 3.8) is 0 Å². The number of nitrogens with zero attached hydrogens (tertiary/aromatic N) is 3. The number of fused-ring (bicyclic) bond motifs is 1. The van der Waals surface area contributed by atoms with E-state index in [2.05, 4.69) is 30.7 Å². The van der Waals surface area contributed by atoms with Gasteiger partial charge in [0.25, 0.3) is 0 Å². The van der Waals surface area contributed by atoms with Crippen LogP contribution < -0.4 is 0 Å². The molecule has 1 atom stereocenters. The van der Waals surface area contributed by atoms with Crippen molar-refractivity contribution in [1.29, 1.82) is 0 Å². The van der Waals surface area contributed by atoms with Gasteiger partial charge in [-0.1, -0.05) is 55.5 Å². The summed E-state index contributed by atoms with van der Waals surface area (Å²) in [4.78, 5) is 6.54. The summed E-state index contributed by atoms with van der Waals surface area (Å²) >= 11 is 7.20. The molecule has 128 valence electrons. The van der Waals surface area contributed by atoms with Gasteiger partial charge in [0.05, 0.1) is 10.4 Å². The summed E-state index contributed by atoms with van der Waals surface area (Å²) in [7, 11) is 0. The van der Waals surface area contributed by atoms with Crippen LogP contribution in [0.1, 0.15) is 39.2 Å². The maximum atomic E-state index is 10.8. The van der Waals surface area contributed by atoms with Crippen LogP contribution in [0.25, 0.3) is 5.57 Å². The minimum Gasteiger partial charge on any atom is -0.334 e. The molecule has 0 aromatic heterocycles. The number of benzene rings is 1. The highest BCUT2D eigenvalue weighted by Gasteiger charge is 2.47. The van der Waals surface area contributed by atoms with Gasteiger partial charge in [-0.3, -0.25) is 10.2 Å². The van der Waals surface area contributed by atoms with E-state index >= 15 is 0 Å². The highest BCUT2D eigenvalue weighted by Crippen LogP contribution is 2.43. The zero-order valence-electron chi connectivity index (χ0n) is 14.3. The van der Waals surface area contributed by atoms with Gasteiger partial charge in [0.15, 0.2) is 0 Å². The van der Waals surface area contributed by atoms with Crippen LogP contribution in [0.5, 0.6) is 0 Å². The molecule has 1 aromatic carbocycles. The molecule has 2 aliphatic heterocycles. The Morgan fingerprint density at radius 2 is 2.17 bits per heavy atom. The predicted molar refractivity (Wildman–Crippen MR) is 106 cm³/mol. The van der Waals surface area contributed by atoms with Crippen LogP contribution >= 0.6 is 24.0 Å². The van der Waals surface area contributed by atoms with Gasteiger partial charge in [0.2, 0.25) is 0 Å². The molecule has 2 aliphatic rings. The number of thioether (sulfide) groups is 1. The van der Waals surface area contributed by atoms with E-state index in [1.54, 1.807) is 24.2 Å². The molecule has 4 nitrogen and oxygen atoms in total. The predicted octanol–water partition coefficient (Wildman–Crippen LogP) is 4.67. The average molecular weight is 362 g/mol. The van der Waals surface area contributed by atoms with E-state index in [0.29, 0.717) is 0 Å². The van der Waals surface area contributed by atoms with Crippen molar-refractivity contribution in [3.05, 3.63) is 36.0 Å². The van der Waals surface area contributed by atoms with Crippen molar-refractivity contribution >= 4 is 45.8 Å². The van der Waals surface area contributed by atoms with Gasteiger partial charge in [0.1, 0.15) is 10.5 Å². The molecule has 1 aromatic rings. The molecular weight excluding hydrogens is 338 g/mol. The van der Waals surface area contributed by atoms with Crippen LogP contribution in [0.2, 0.25) is 0 Å². The molecule has 1 fully saturated rings. The van der Waals surface area contributed by atoms with Crippen molar-refractivity contribution in [3.8, 4) is 0 Å². The van der Waals surface area contributed by atoms with Gasteiger partial charge in [-0.05, 0) is 26.3 Å². The molecule has 1 saturated heterocycles. The van der Waals surface area contributed by atoms with Crippen LogP contribution in [-0.2, 0) is 0 Å². The minimum absolute atomic E-state index is 0.185. The first-order valence-corrected chi connectivity index (χ1v) is 9.48. The van der Waals surface area contributed by atoms with Crippen molar-refractivity contribution < 1.29 is 5.21 Å². The number of thiocarbonyl (C=S) groups is 1. The fourth-order valence-corrected chi connectivity index (χ4v) is 5.10. The second-order valence-electron chi connectivity index (χ2n) is 6.63. The maximum Gasteiger partial charge on any atom is 0.142 e. The van der Waals surface area contributed by atoms with Gasteiger partial charge >= 0.3 is 0 Å². The summed E-state index contributed by atoms with van der Waals surface area (Å²) in [6, 6.07) is 7.96. The fraction of sp³-hybridized carbons (Fsp3) is 0.444. The largest absolute Gasteiger partial charge is 0.334 e. The summed E-state index contributed by atoms with van der Waals surface area (Å²) in [6.45, 7) is 7.27. The number of aliphatic imine (C=N–C) groups is 1. The minimum atomic E-state index is -0.189. The quantitative estimate of drug-likeness (QED) is 0.609. The Kier molecular flexibility index (Phi) is 4.99. The van der Waals surface area contributed by atoms with E-state index in [9.17, 15) is 5.21 Å². The molecule has 0 spiro atoms. The van der Waals surface area contributed by atoms with Crippen molar-refractivity contribution in [1.82, 2.24) is 9.96 Å². The monoisotopic (exact) mass is 361 g/mol. The normalized spacial score (nSPS) is 23.2. The average Bonchev–Trinajstić information content (AvgIpc) is 3.03. The number of hydrogen-bond donors (Lipinski definition) is 1. The lowest BCUT2D eigenvalue weighted by Crippen LogP contribution is -2.50. The number of rotatable bonds is 5. The van der Waals surface area contributed by atoms with E-state index < -0.39 is 0 Å². The van der Waals surface area contributed by atoms with Crippen molar-refractivity contribution in [2.75, 3.05) is 6.54 Å². The van der Waals surface area contributed by atoms with Crippen LogP contribution in [0.3, 0.4) is 0 Å². The van der Waals surface area contributed by atoms with E-state index in [1.165, 1.54) is 5.06 Å². The number of hydroxylamine groups is 2. The number of allylic oxidation sites excluding steroid dienone is 1. The first-order valence-electron chi connectivity index (χ1n) is 8.26. The first kappa shape index (κ1) is 17.5. The lowest BCUT2D eigenvalue weighted by atomic mass is 10.1. The Labute approximate surface area is 153 Å². The second-order valence-corrected chi connectivity index (χ2v) is 8.92. The molecule has 1 N–H and O–H groups in total. The third-order valence-electron chi connectivity index (χ3n) is 4.33. The summed E-state index contributed by atoms with van der Waals surface area (Å²) in [5, 5.41) is 12.1. The van der Waals surface area contributed by atoms with Crippen LogP contribution in [0.15, 0.2) is 35.5 Å². The molecule has 24 heavy (non-hydrogen) atoms. The van der Waals surface area contributed by atoms with Gasteiger partial charge in [-0.2, -0.15) is 0 Å². The molecule has 0 aliphatic carbocycles. The standard InChI is InChI=1S/C18H23N3OS2/c1-4-5-10-20-16(18(2,3)24-17(20)23)21(22)12-13-11-19-15-9-7-6-8-14(13)15/h6-9,11-12,16,22H,4-5,10H2,1-3H3. The Hall–Kier alpha value is -1.37. The highest BCUT2D eigenvalue weighted by molar-refractivity contribution is 8.24.